The van der Waals surface area contributed by atoms with Crippen molar-refractivity contribution in [2.24, 2.45) is 5.92 Å². The maximum absolute atomic E-state index is 11.1. The van der Waals surface area contributed by atoms with Gasteiger partial charge in [0.25, 0.3) is 0 Å². The number of rotatable bonds is 6. The fraction of sp³-hybridized carbons (Fsp3) is 0.611. The molecule has 0 radical (unpaired) electrons. The molecule has 3 nitrogen and oxygen atoms in total. The molecule has 2 atom stereocenters. The molecule has 0 spiro atoms. The Morgan fingerprint density at radius 1 is 1.29 bits per heavy atom. The quantitative estimate of drug-likeness (QED) is 0.593. The van der Waals surface area contributed by atoms with Crippen molar-refractivity contribution in [2.45, 2.75) is 38.5 Å². The summed E-state index contributed by atoms with van der Waals surface area (Å²) in [5, 5.41) is 0. The Bertz CT molecular complexity index is 432. The van der Waals surface area contributed by atoms with E-state index in [-0.39, 0.29) is 5.97 Å². The van der Waals surface area contributed by atoms with Gasteiger partial charge >= 0.3 is 5.97 Å². The third-order valence-corrected chi connectivity index (χ3v) is 4.55. The van der Waals surface area contributed by atoms with E-state index in [1.165, 1.54) is 25.6 Å². The molecule has 1 aromatic rings. The molecule has 1 fully saturated rings. The molecule has 1 aliphatic heterocycles. The van der Waals surface area contributed by atoms with E-state index in [0.717, 1.165) is 25.9 Å². The molecular weight excluding hydrogens is 262 g/mol. The van der Waals surface area contributed by atoms with Gasteiger partial charge < -0.3 is 9.64 Å². The van der Waals surface area contributed by atoms with Crippen LogP contribution >= 0.6 is 0 Å². The summed E-state index contributed by atoms with van der Waals surface area (Å²) in [4.78, 5) is 13.6. The summed E-state index contributed by atoms with van der Waals surface area (Å²) in [5.41, 5.74) is 1.48. The molecule has 0 aromatic heterocycles. The number of nitrogens with zero attached hydrogens (tertiary/aromatic N) is 1. The molecule has 2 unspecified atom stereocenters. The first-order valence-electron chi connectivity index (χ1n) is 8.05. The first kappa shape index (κ1) is 16.0. The molecule has 1 saturated heterocycles. The van der Waals surface area contributed by atoms with Crippen LogP contribution in [0.3, 0.4) is 0 Å². The third kappa shape index (κ3) is 4.85. The van der Waals surface area contributed by atoms with Gasteiger partial charge in [-0.15, -0.1) is 0 Å². The minimum absolute atomic E-state index is 0.0915. The molecule has 1 heterocycles. The number of likely N-dealkylation sites (tertiary alicyclic amines) is 1. The summed E-state index contributed by atoms with van der Waals surface area (Å²) < 4.78 is 4.67. The summed E-state index contributed by atoms with van der Waals surface area (Å²) >= 11 is 0. The number of esters is 1. The number of carbonyl (C=O) groups is 1. The molecule has 21 heavy (non-hydrogen) atoms. The van der Waals surface area contributed by atoms with Crippen LogP contribution in [0.2, 0.25) is 0 Å². The van der Waals surface area contributed by atoms with Crippen LogP contribution in [0.1, 0.15) is 44.1 Å². The fourth-order valence-electron chi connectivity index (χ4n) is 3.34. The van der Waals surface area contributed by atoms with Gasteiger partial charge in [0.05, 0.1) is 7.11 Å². The van der Waals surface area contributed by atoms with Crippen LogP contribution in [-0.2, 0) is 9.53 Å². The van der Waals surface area contributed by atoms with Crippen LogP contribution in [0.15, 0.2) is 30.3 Å². The number of hydrogen-bond acceptors (Lipinski definition) is 3. The van der Waals surface area contributed by atoms with Crippen molar-refractivity contribution in [3.8, 4) is 0 Å². The smallest absolute Gasteiger partial charge is 0.305 e. The van der Waals surface area contributed by atoms with E-state index in [2.05, 4.69) is 46.9 Å². The first-order chi connectivity index (χ1) is 10.2. The van der Waals surface area contributed by atoms with E-state index < -0.39 is 0 Å². The standard InChI is InChI=1S/C18H27NO2/c1-15-14-19(12-7-6-10-18(20)21-2)13-11-17(15)16-8-4-3-5-9-16/h3-5,8-9,15,17H,6-7,10-14H2,1-2H3. The SMILES string of the molecule is COC(=O)CCCCN1CCC(c2ccccc2)C(C)C1. The van der Waals surface area contributed by atoms with Crippen LogP contribution in [-0.4, -0.2) is 37.6 Å². The summed E-state index contributed by atoms with van der Waals surface area (Å²) in [6, 6.07) is 10.9. The molecule has 0 saturated carbocycles. The first-order valence-corrected chi connectivity index (χ1v) is 8.05. The second-order valence-corrected chi connectivity index (χ2v) is 6.12. The summed E-state index contributed by atoms with van der Waals surface area (Å²) in [5.74, 6) is 1.30. The molecule has 1 aliphatic rings. The predicted molar refractivity (Wildman–Crippen MR) is 85.3 cm³/mol. The van der Waals surface area contributed by atoms with E-state index in [9.17, 15) is 4.79 Å². The predicted octanol–water partition coefficient (Wildman–Crippen LogP) is 3.46. The molecule has 0 aliphatic carbocycles. The van der Waals surface area contributed by atoms with E-state index in [1.807, 2.05) is 0 Å². The third-order valence-electron chi connectivity index (χ3n) is 4.55. The number of carbonyl (C=O) groups excluding carboxylic acids is 1. The van der Waals surface area contributed by atoms with Crippen molar-refractivity contribution in [3.63, 3.8) is 0 Å². The number of hydrogen-bond donors (Lipinski definition) is 0. The Morgan fingerprint density at radius 2 is 2.05 bits per heavy atom. The lowest BCUT2D eigenvalue weighted by Gasteiger charge is -2.37. The number of methoxy groups -OCH3 is 1. The van der Waals surface area contributed by atoms with E-state index in [1.54, 1.807) is 0 Å². The zero-order chi connectivity index (χ0) is 15.1. The number of benzene rings is 1. The molecule has 1 aromatic carbocycles. The average Bonchev–Trinajstić information content (AvgIpc) is 2.52. The van der Waals surface area contributed by atoms with Gasteiger partial charge in [-0.25, -0.2) is 0 Å². The Hall–Kier alpha value is -1.35. The van der Waals surface area contributed by atoms with Crippen LogP contribution in [0.4, 0.5) is 0 Å². The van der Waals surface area contributed by atoms with Gasteiger partial charge in [0.2, 0.25) is 0 Å². The summed E-state index contributed by atoms with van der Waals surface area (Å²) in [7, 11) is 1.46. The fourth-order valence-corrected chi connectivity index (χ4v) is 3.34. The van der Waals surface area contributed by atoms with Gasteiger partial charge in [0.1, 0.15) is 0 Å². The van der Waals surface area contributed by atoms with Gasteiger partial charge in [-0.3, -0.25) is 4.79 Å². The highest BCUT2D eigenvalue weighted by atomic mass is 16.5. The van der Waals surface area contributed by atoms with E-state index in [4.69, 9.17) is 0 Å². The van der Waals surface area contributed by atoms with Crippen molar-refractivity contribution in [1.82, 2.24) is 4.90 Å². The highest BCUT2D eigenvalue weighted by molar-refractivity contribution is 5.68. The highest BCUT2D eigenvalue weighted by Crippen LogP contribution is 2.32. The van der Waals surface area contributed by atoms with Gasteiger partial charge in [-0.05, 0) is 49.8 Å². The molecule has 2 rings (SSSR count). The lowest BCUT2D eigenvalue weighted by Crippen LogP contribution is -2.38. The molecule has 0 bridgehead atoms. The van der Waals surface area contributed by atoms with Crippen LogP contribution in [0.25, 0.3) is 0 Å². The van der Waals surface area contributed by atoms with Crippen molar-refractivity contribution < 1.29 is 9.53 Å². The van der Waals surface area contributed by atoms with Gasteiger partial charge in [0.15, 0.2) is 0 Å². The lowest BCUT2D eigenvalue weighted by atomic mass is 9.81. The number of piperidine rings is 1. The number of unbranched alkanes of at least 4 members (excludes halogenated alkanes) is 1. The zero-order valence-electron chi connectivity index (χ0n) is 13.3. The van der Waals surface area contributed by atoms with Gasteiger partial charge in [-0.2, -0.15) is 0 Å². The van der Waals surface area contributed by atoms with E-state index >= 15 is 0 Å². The normalized spacial score (nSPS) is 23.0. The van der Waals surface area contributed by atoms with Crippen LogP contribution in [0, 0.1) is 5.92 Å². The largest absolute Gasteiger partial charge is 0.469 e. The minimum Gasteiger partial charge on any atom is -0.469 e. The maximum Gasteiger partial charge on any atom is 0.305 e. The topological polar surface area (TPSA) is 29.5 Å². The summed E-state index contributed by atoms with van der Waals surface area (Å²) in [6.45, 7) is 5.79. The molecule has 116 valence electrons. The number of ether oxygens (including phenoxy) is 1. The van der Waals surface area contributed by atoms with Gasteiger partial charge in [0, 0.05) is 13.0 Å². The minimum atomic E-state index is -0.0915. The Labute approximate surface area is 128 Å². The maximum atomic E-state index is 11.1. The molecule has 0 amide bonds. The van der Waals surface area contributed by atoms with Crippen molar-refractivity contribution in [2.75, 3.05) is 26.7 Å². The Balaban J connectivity index is 1.72. The Morgan fingerprint density at radius 3 is 2.71 bits per heavy atom. The second-order valence-electron chi connectivity index (χ2n) is 6.12. The highest BCUT2D eigenvalue weighted by Gasteiger charge is 2.26. The van der Waals surface area contributed by atoms with Crippen LogP contribution in [0.5, 0.6) is 0 Å². The lowest BCUT2D eigenvalue weighted by molar-refractivity contribution is -0.140. The van der Waals surface area contributed by atoms with Gasteiger partial charge in [-0.1, -0.05) is 37.3 Å². The molecular formula is C18H27NO2. The summed E-state index contributed by atoms with van der Waals surface area (Å²) in [6.07, 6.45) is 3.80. The van der Waals surface area contributed by atoms with Crippen molar-refractivity contribution in [1.29, 1.82) is 0 Å². The molecule has 0 N–H and O–H groups in total. The van der Waals surface area contributed by atoms with Crippen LogP contribution < -0.4 is 0 Å². The van der Waals surface area contributed by atoms with Crippen molar-refractivity contribution >= 4 is 5.97 Å². The molecule has 3 heteroatoms. The Kier molecular flexibility index (Phi) is 6.24. The van der Waals surface area contributed by atoms with E-state index in [0.29, 0.717) is 18.3 Å². The monoisotopic (exact) mass is 289 g/mol. The zero-order valence-corrected chi connectivity index (χ0v) is 13.3. The second kappa shape index (κ2) is 8.18. The van der Waals surface area contributed by atoms with Crippen molar-refractivity contribution in [3.05, 3.63) is 35.9 Å². The average molecular weight is 289 g/mol.